The molecule has 0 unspecified atom stereocenters. The standard InChI is InChI=1S/C10H9F2N3O/c1-16-9-2-5(6(11)3-7(9)12)8-4-10(13)15-14-8/h2-4H,1H3,(H3,13,14,15). The zero-order valence-corrected chi connectivity index (χ0v) is 8.42. The average molecular weight is 225 g/mol. The minimum absolute atomic E-state index is 0.0374. The van der Waals surface area contributed by atoms with Crippen molar-refractivity contribution in [3.05, 3.63) is 29.8 Å². The van der Waals surface area contributed by atoms with Crippen molar-refractivity contribution < 1.29 is 13.5 Å². The van der Waals surface area contributed by atoms with E-state index in [-0.39, 0.29) is 17.1 Å². The van der Waals surface area contributed by atoms with Crippen LogP contribution in [0.4, 0.5) is 14.6 Å². The minimum Gasteiger partial charge on any atom is -0.494 e. The molecular weight excluding hydrogens is 216 g/mol. The first kappa shape index (κ1) is 10.4. The van der Waals surface area contributed by atoms with Crippen LogP contribution in [0.3, 0.4) is 0 Å². The van der Waals surface area contributed by atoms with E-state index in [0.29, 0.717) is 5.69 Å². The number of anilines is 1. The molecule has 0 aliphatic heterocycles. The minimum atomic E-state index is -0.753. The molecule has 0 bridgehead atoms. The molecule has 0 spiro atoms. The summed E-state index contributed by atoms with van der Waals surface area (Å²) in [5.74, 6) is -1.26. The van der Waals surface area contributed by atoms with Gasteiger partial charge in [-0.05, 0) is 6.07 Å². The van der Waals surface area contributed by atoms with Gasteiger partial charge in [0.25, 0.3) is 0 Å². The topological polar surface area (TPSA) is 63.9 Å². The second-order valence-electron chi connectivity index (χ2n) is 3.17. The predicted octanol–water partition coefficient (Wildman–Crippen LogP) is 1.95. The molecule has 16 heavy (non-hydrogen) atoms. The van der Waals surface area contributed by atoms with Gasteiger partial charge in [0, 0.05) is 17.7 Å². The van der Waals surface area contributed by atoms with E-state index in [9.17, 15) is 8.78 Å². The Morgan fingerprint density at radius 1 is 1.25 bits per heavy atom. The molecular formula is C10H9F2N3O. The van der Waals surface area contributed by atoms with Crippen molar-refractivity contribution in [1.82, 2.24) is 10.2 Å². The number of rotatable bonds is 2. The molecule has 0 amide bonds. The third-order valence-electron chi connectivity index (χ3n) is 2.13. The average Bonchev–Trinajstić information content (AvgIpc) is 2.65. The van der Waals surface area contributed by atoms with Gasteiger partial charge in [0.15, 0.2) is 11.6 Å². The molecule has 0 radical (unpaired) electrons. The van der Waals surface area contributed by atoms with Gasteiger partial charge in [0.1, 0.15) is 11.6 Å². The van der Waals surface area contributed by atoms with Gasteiger partial charge in [-0.25, -0.2) is 8.78 Å². The van der Waals surface area contributed by atoms with Crippen LogP contribution in [0.15, 0.2) is 18.2 Å². The molecule has 4 nitrogen and oxygen atoms in total. The number of halogens is 2. The number of hydrogen-bond acceptors (Lipinski definition) is 3. The molecule has 2 rings (SSSR count). The summed E-state index contributed by atoms with van der Waals surface area (Å²) in [6.07, 6.45) is 0. The molecule has 1 aromatic heterocycles. The van der Waals surface area contributed by atoms with Gasteiger partial charge >= 0.3 is 0 Å². The SMILES string of the molecule is COc1cc(-c2cc(N)n[nH]2)c(F)cc1F. The van der Waals surface area contributed by atoms with E-state index in [2.05, 4.69) is 10.2 Å². The summed E-state index contributed by atoms with van der Waals surface area (Å²) in [5, 5.41) is 6.20. The van der Waals surface area contributed by atoms with Crippen LogP contribution in [0.25, 0.3) is 11.3 Å². The number of aromatic nitrogens is 2. The van der Waals surface area contributed by atoms with Crippen LogP contribution >= 0.6 is 0 Å². The van der Waals surface area contributed by atoms with E-state index < -0.39 is 11.6 Å². The van der Waals surface area contributed by atoms with Gasteiger partial charge in [-0.15, -0.1) is 0 Å². The molecule has 0 atom stereocenters. The zero-order valence-electron chi connectivity index (χ0n) is 8.42. The molecule has 1 heterocycles. The summed E-state index contributed by atoms with van der Waals surface area (Å²) in [6, 6.07) is 3.46. The Balaban J connectivity index is 2.56. The van der Waals surface area contributed by atoms with Crippen molar-refractivity contribution in [2.45, 2.75) is 0 Å². The van der Waals surface area contributed by atoms with Crippen LogP contribution < -0.4 is 10.5 Å². The van der Waals surface area contributed by atoms with Crippen LogP contribution in [-0.4, -0.2) is 17.3 Å². The lowest BCUT2D eigenvalue weighted by Gasteiger charge is -2.05. The summed E-state index contributed by atoms with van der Waals surface area (Å²) in [6.45, 7) is 0. The fraction of sp³-hybridized carbons (Fsp3) is 0.100. The highest BCUT2D eigenvalue weighted by atomic mass is 19.1. The maximum Gasteiger partial charge on any atom is 0.168 e. The number of benzene rings is 1. The number of methoxy groups -OCH3 is 1. The smallest absolute Gasteiger partial charge is 0.168 e. The normalized spacial score (nSPS) is 10.4. The first-order valence-corrected chi connectivity index (χ1v) is 4.46. The maximum atomic E-state index is 13.5. The van der Waals surface area contributed by atoms with Gasteiger partial charge in [0.2, 0.25) is 0 Å². The Kier molecular flexibility index (Phi) is 2.47. The number of H-pyrrole nitrogens is 1. The van der Waals surface area contributed by atoms with Crippen LogP contribution in [-0.2, 0) is 0 Å². The maximum absolute atomic E-state index is 13.5. The van der Waals surface area contributed by atoms with Crippen LogP contribution in [0, 0.1) is 11.6 Å². The van der Waals surface area contributed by atoms with Crippen molar-refractivity contribution in [1.29, 1.82) is 0 Å². The number of nitrogen functional groups attached to an aromatic ring is 1. The van der Waals surface area contributed by atoms with E-state index in [0.717, 1.165) is 6.07 Å². The summed E-state index contributed by atoms with van der Waals surface area (Å²) in [7, 11) is 1.31. The van der Waals surface area contributed by atoms with Crippen LogP contribution in [0.1, 0.15) is 0 Å². The van der Waals surface area contributed by atoms with E-state index >= 15 is 0 Å². The predicted molar refractivity (Wildman–Crippen MR) is 54.9 cm³/mol. The van der Waals surface area contributed by atoms with Gasteiger partial charge in [-0.1, -0.05) is 0 Å². The lowest BCUT2D eigenvalue weighted by atomic mass is 10.1. The lowest BCUT2D eigenvalue weighted by molar-refractivity contribution is 0.384. The molecule has 1 aromatic carbocycles. The van der Waals surface area contributed by atoms with Gasteiger partial charge in [-0.2, -0.15) is 5.10 Å². The number of nitrogens with zero attached hydrogens (tertiary/aromatic N) is 1. The van der Waals surface area contributed by atoms with E-state index in [1.54, 1.807) is 0 Å². The third kappa shape index (κ3) is 1.69. The molecule has 3 N–H and O–H groups in total. The van der Waals surface area contributed by atoms with Gasteiger partial charge in [0.05, 0.1) is 12.8 Å². The lowest BCUT2D eigenvalue weighted by Crippen LogP contribution is -1.93. The highest BCUT2D eigenvalue weighted by Crippen LogP contribution is 2.28. The summed E-state index contributed by atoms with van der Waals surface area (Å²) in [5.41, 5.74) is 5.92. The van der Waals surface area contributed by atoms with Gasteiger partial charge in [-0.3, -0.25) is 5.10 Å². The van der Waals surface area contributed by atoms with Gasteiger partial charge < -0.3 is 10.5 Å². The molecule has 0 saturated carbocycles. The largest absolute Gasteiger partial charge is 0.494 e. The van der Waals surface area contributed by atoms with Crippen molar-refractivity contribution >= 4 is 5.82 Å². The number of nitrogens with two attached hydrogens (primary N) is 1. The molecule has 0 fully saturated rings. The Bertz CT molecular complexity index is 525. The number of hydrogen-bond donors (Lipinski definition) is 2. The first-order chi connectivity index (χ1) is 7.61. The molecule has 6 heteroatoms. The number of ether oxygens (including phenoxy) is 1. The molecule has 0 aliphatic rings. The Hall–Kier alpha value is -2.11. The van der Waals surface area contributed by atoms with Crippen molar-refractivity contribution in [3.8, 4) is 17.0 Å². The highest BCUT2D eigenvalue weighted by molar-refractivity contribution is 5.64. The molecule has 2 aromatic rings. The van der Waals surface area contributed by atoms with Crippen molar-refractivity contribution in [2.24, 2.45) is 0 Å². The molecule has 0 saturated heterocycles. The van der Waals surface area contributed by atoms with E-state index in [1.807, 2.05) is 0 Å². The van der Waals surface area contributed by atoms with Crippen LogP contribution in [0.2, 0.25) is 0 Å². The molecule has 0 aliphatic carbocycles. The number of nitrogens with one attached hydrogen (secondary N) is 1. The number of aromatic amines is 1. The molecule has 84 valence electrons. The highest BCUT2D eigenvalue weighted by Gasteiger charge is 2.13. The fourth-order valence-corrected chi connectivity index (χ4v) is 1.37. The fourth-order valence-electron chi connectivity index (χ4n) is 1.37. The second-order valence-corrected chi connectivity index (χ2v) is 3.17. The summed E-state index contributed by atoms with van der Waals surface area (Å²) in [4.78, 5) is 0. The Morgan fingerprint density at radius 3 is 2.56 bits per heavy atom. The zero-order chi connectivity index (χ0) is 11.7. The third-order valence-corrected chi connectivity index (χ3v) is 2.13. The van der Waals surface area contributed by atoms with Crippen molar-refractivity contribution in [2.75, 3.05) is 12.8 Å². The first-order valence-electron chi connectivity index (χ1n) is 4.46. The monoisotopic (exact) mass is 225 g/mol. The Labute approximate surface area is 90.0 Å². The Morgan fingerprint density at radius 2 is 2.00 bits per heavy atom. The van der Waals surface area contributed by atoms with Crippen LogP contribution in [0.5, 0.6) is 5.75 Å². The summed E-state index contributed by atoms with van der Waals surface area (Å²) < 4.78 is 31.4. The van der Waals surface area contributed by atoms with Crippen molar-refractivity contribution in [3.63, 3.8) is 0 Å². The summed E-state index contributed by atoms with van der Waals surface area (Å²) >= 11 is 0. The van der Waals surface area contributed by atoms with E-state index in [1.165, 1.54) is 19.2 Å². The quantitative estimate of drug-likeness (QED) is 0.820. The second kappa shape index (κ2) is 3.80. The van der Waals surface area contributed by atoms with E-state index in [4.69, 9.17) is 10.5 Å².